The second kappa shape index (κ2) is 11.3. The Labute approximate surface area is 145 Å². The monoisotopic (exact) mass is 340 g/mol. The Bertz CT molecular complexity index is 481. The summed E-state index contributed by atoms with van der Waals surface area (Å²) >= 11 is 6.24. The standard InChI is InChI=1S/C17H29ClN4O/c1-5-19-17(20-10-11-21(2)12-13-23-4)22(3)14-15-8-6-7-9-16(15)18/h6-9H,5,10-14H2,1-4H3,(H,19,20). The van der Waals surface area contributed by atoms with E-state index >= 15 is 0 Å². The van der Waals surface area contributed by atoms with E-state index in [0.29, 0.717) is 0 Å². The number of hydrogen-bond donors (Lipinski definition) is 1. The topological polar surface area (TPSA) is 40.1 Å². The van der Waals surface area contributed by atoms with Crippen molar-refractivity contribution in [2.75, 3.05) is 54.0 Å². The Balaban J connectivity index is 2.58. The molecule has 0 unspecified atom stereocenters. The molecule has 1 rings (SSSR count). The average molecular weight is 341 g/mol. The van der Waals surface area contributed by atoms with Crippen LogP contribution in [0, 0.1) is 0 Å². The number of likely N-dealkylation sites (N-methyl/N-ethyl adjacent to an activating group) is 1. The second-order valence-electron chi connectivity index (χ2n) is 5.48. The van der Waals surface area contributed by atoms with Gasteiger partial charge in [0.05, 0.1) is 13.2 Å². The summed E-state index contributed by atoms with van der Waals surface area (Å²) in [6.45, 7) is 6.94. The molecule has 1 aromatic rings. The van der Waals surface area contributed by atoms with E-state index in [2.05, 4.69) is 29.1 Å². The summed E-state index contributed by atoms with van der Waals surface area (Å²) in [5, 5.41) is 4.12. The molecule has 0 radical (unpaired) electrons. The molecular formula is C17H29ClN4O. The van der Waals surface area contributed by atoms with Crippen molar-refractivity contribution in [3.63, 3.8) is 0 Å². The van der Waals surface area contributed by atoms with E-state index in [9.17, 15) is 0 Å². The molecule has 0 heterocycles. The lowest BCUT2D eigenvalue weighted by Gasteiger charge is -2.23. The smallest absolute Gasteiger partial charge is 0.194 e. The first-order chi connectivity index (χ1) is 11.1. The largest absolute Gasteiger partial charge is 0.383 e. The maximum Gasteiger partial charge on any atom is 0.194 e. The van der Waals surface area contributed by atoms with Gasteiger partial charge in [0.25, 0.3) is 0 Å². The molecule has 0 aliphatic carbocycles. The molecule has 0 bridgehead atoms. The minimum atomic E-state index is 0.727. The number of hydrogen-bond acceptors (Lipinski definition) is 3. The molecule has 0 amide bonds. The quantitative estimate of drug-likeness (QED) is 0.553. The summed E-state index contributed by atoms with van der Waals surface area (Å²) in [5.41, 5.74) is 1.10. The number of halogens is 1. The highest BCUT2D eigenvalue weighted by Gasteiger charge is 2.08. The van der Waals surface area contributed by atoms with Gasteiger partial charge in [0.2, 0.25) is 0 Å². The Hall–Kier alpha value is -1.30. The van der Waals surface area contributed by atoms with E-state index < -0.39 is 0 Å². The highest BCUT2D eigenvalue weighted by atomic mass is 35.5. The van der Waals surface area contributed by atoms with Gasteiger partial charge in [0, 0.05) is 45.4 Å². The third kappa shape index (κ3) is 7.68. The molecule has 6 heteroatoms. The number of nitrogens with one attached hydrogen (secondary N) is 1. The average Bonchev–Trinajstić information content (AvgIpc) is 2.54. The number of aliphatic imine (C=N–C) groups is 1. The zero-order chi connectivity index (χ0) is 17.1. The Kier molecular flexibility index (Phi) is 9.67. The SMILES string of the molecule is CCNC(=NCCN(C)CCOC)N(C)Cc1ccccc1Cl. The molecular weight excluding hydrogens is 312 g/mol. The van der Waals surface area contributed by atoms with Crippen LogP contribution in [0.3, 0.4) is 0 Å². The highest BCUT2D eigenvalue weighted by Crippen LogP contribution is 2.16. The van der Waals surface area contributed by atoms with Crippen LogP contribution in [-0.2, 0) is 11.3 Å². The molecule has 0 aliphatic heterocycles. The normalized spacial score (nSPS) is 11.8. The summed E-state index contributed by atoms with van der Waals surface area (Å²) in [4.78, 5) is 9.00. The van der Waals surface area contributed by atoms with Crippen LogP contribution >= 0.6 is 11.6 Å². The molecule has 1 N–H and O–H groups in total. The number of ether oxygens (including phenoxy) is 1. The molecule has 23 heavy (non-hydrogen) atoms. The van der Waals surface area contributed by atoms with Crippen molar-refractivity contribution in [2.24, 2.45) is 4.99 Å². The first kappa shape index (κ1) is 19.7. The fourth-order valence-electron chi connectivity index (χ4n) is 2.11. The van der Waals surface area contributed by atoms with Gasteiger partial charge >= 0.3 is 0 Å². The first-order valence-electron chi connectivity index (χ1n) is 7.98. The van der Waals surface area contributed by atoms with Gasteiger partial charge in [-0.15, -0.1) is 0 Å². The molecule has 5 nitrogen and oxygen atoms in total. The molecule has 0 fully saturated rings. The molecule has 0 saturated heterocycles. The van der Waals surface area contributed by atoms with E-state index in [1.165, 1.54) is 0 Å². The number of benzene rings is 1. The Morgan fingerprint density at radius 1 is 1.26 bits per heavy atom. The van der Waals surface area contributed by atoms with E-state index in [4.69, 9.17) is 21.3 Å². The lowest BCUT2D eigenvalue weighted by molar-refractivity contribution is 0.163. The van der Waals surface area contributed by atoms with Gasteiger partial charge in [-0.2, -0.15) is 0 Å². The third-order valence-electron chi connectivity index (χ3n) is 3.48. The van der Waals surface area contributed by atoms with Crippen molar-refractivity contribution in [2.45, 2.75) is 13.5 Å². The van der Waals surface area contributed by atoms with Crippen LogP contribution in [0.2, 0.25) is 5.02 Å². The van der Waals surface area contributed by atoms with Crippen LogP contribution in [0.15, 0.2) is 29.3 Å². The summed E-state index contributed by atoms with van der Waals surface area (Å²) in [6, 6.07) is 7.91. The van der Waals surface area contributed by atoms with Crippen LogP contribution in [0.1, 0.15) is 12.5 Å². The van der Waals surface area contributed by atoms with Crippen molar-refractivity contribution in [3.8, 4) is 0 Å². The predicted molar refractivity (Wildman–Crippen MR) is 98.3 cm³/mol. The van der Waals surface area contributed by atoms with E-state index in [-0.39, 0.29) is 0 Å². The molecule has 0 spiro atoms. The number of methoxy groups -OCH3 is 1. The van der Waals surface area contributed by atoms with Crippen molar-refractivity contribution < 1.29 is 4.74 Å². The molecule has 0 saturated carbocycles. The van der Waals surface area contributed by atoms with Gasteiger partial charge in [-0.05, 0) is 25.6 Å². The van der Waals surface area contributed by atoms with E-state index in [0.717, 1.165) is 55.9 Å². The van der Waals surface area contributed by atoms with Crippen LogP contribution < -0.4 is 5.32 Å². The van der Waals surface area contributed by atoms with E-state index in [1.807, 2.05) is 31.3 Å². The minimum Gasteiger partial charge on any atom is -0.383 e. The van der Waals surface area contributed by atoms with Crippen molar-refractivity contribution in [3.05, 3.63) is 34.9 Å². The lowest BCUT2D eigenvalue weighted by atomic mass is 10.2. The molecule has 0 aliphatic rings. The summed E-state index contributed by atoms with van der Waals surface area (Å²) < 4.78 is 5.08. The van der Waals surface area contributed by atoms with E-state index in [1.54, 1.807) is 7.11 Å². The first-order valence-corrected chi connectivity index (χ1v) is 8.36. The molecule has 1 aromatic carbocycles. The van der Waals surface area contributed by atoms with Crippen LogP contribution in [0.4, 0.5) is 0 Å². The van der Waals surface area contributed by atoms with Gasteiger partial charge in [0.1, 0.15) is 0 Å². The highest BCUT2D eigenvalue weighted by molar-refractivity contribution is 6.31. The Morgan fingerprint density at radius 2 is 2.00 bits per heavy atom. The maximum atomic E-state index is 6.24. The van der Waals surface area contributed by atoms with Crippen molar-refractivity contribution in [1.82, 2.24) is 15.1 Å². The van der Waals surface area contributed by atoms with Crippen LogP contribution in [0.5, 0.6) is 0 Å². The van der Waals surface area contributed by atoms with Gasteiger partial charge in [-0.3, -0.25) is 4.99 Å². The molecule has 0 atom stereocenters. The van der Waals surface area contributed by atoms with Gasteiger partial charge < -0.3 is 19.9 Å². The molecule has 130 valence electrons. The lowest BCUT2D eigenvalue weighted by Crippen LogP contribution is -2.39. The van der Waals surface area contributed by atoms with Crippen LogP contribution in [-0.4, -0.2) is 69.8 Å². The third-order valence-corrected chi connectivity index (χ3v) is 3.85. The fourth-order valence-corrected chi connectivity index (χ4v) is 2.31. The number of rotatable bonds is 9. The summed E-state index contributed by atoms with van der Waals surface area (Å²) in [7, 11) is 5.83. The van der Waals surface area contributed by atoms with Gasteiger partial charge in [-0.1, -0.05) is 29.8 Å². The maximum absolute atomic E-state index is 6.24. The molecule has 0 aromatic heterocycles. The summed E-state index contributed by atoms with van der Waals surface area (Å²) in [6.07, 6.45) is 0. The number of nitrogens with zero attached hydrogens (tertiary/aromatic N) is 3. The van der Waals surface area contributed by atoms with Crippen LogP contribution in [0.25, 0.3) is 0 Å². The summed E-state index contributed by atoms with van der Waals surface area (Å²) in [5.74, 6) is 0.896. The zero-order valence-corrected chi connectivity index (χ0v) is 15.4. The van der Waals surface area contributed by atoms with Crippen molar-refractivity contribution in [1.29, 1.82) is 0 Å². The Morgan fingerprint density at radius 3 is 2.65 bits per heavy atom. The van der Waals surface area contributed by atoms with Crippen molar-refractivity contribution >= 4 is 17.6 Å². The van der Waals surface area contributed by atoms with Gasteiger partial charge in [0.15, 0.2) is 5.96 Å². The number of guanidine groups is 1. The second-order valence-corrected chi connectivity index (χ2v) is 5.89. The predicted octanol–water partition coefficient (Wildman–Crippen LogP) is 2.32. The fraction of sp³-hybridized carbons (Fsp3) is 0.588. The zero-order valence-electron chi connectivity index (χ0n) is 14.7. The minimum absolute atomic E-state index is 0.727. The van der Waals surface area contributed by atoms with Gasteiger partial charge in [-0.25, -0.2) is 0 Å².